The molecule has 0 radical (unpaired) electrons. The Balaban J connectivity index is 2.15. The van der Waals surface area contributed by atoms with Crippen LogP contribution in [-0.4, -0.2) is 31.1 Å². The molecule has 6 nitrogen and oxygen atoms in total. The lowest BCUT2D eigenvalue weighted by Crippen LogP contribution is -2.27. The largest absolute Gasteiger partial charge is 0.308 e. The lowest BCUT2D eigenvalue weighted by Gasteiger charge is -2.18. The fourth-order valence-corrected chi connectivity index (χ4v) is 2.01. The summed E-state index contributed by atoms with van der Waals surface area (Å²) in [6.45, 7) is 3.14. The molecule has 2 heterocycles. The minimum Gasteiger partial charge on any atom is -0.308 e. The zero-order chi connectivity index (χ0) is 13.0. The molecule has 98 valence electrons. The highest BCUT2D eigenvalue weighted by atomic mass is 15.3. The number of nitrogens with one attached hydrogen (secondary N) is 1. The van der Waals surface area contributed by atoms with Crippen LogP contribution in [0.2, 0.25) is 0 Å². The Labute approximate surface area is 107 Å². The fraction of sp³-hybridized carbons (Fsp3) is 0.583. The molecule has 0 fully saturated rings. The van der Waals surface area contributed by atoms with Crippen molar-refractivity contribution in [3.8, 4) is 0 Å². The Morgan fingerprint density at radius 3 is 2.67 bits per heavy atom. The van der Waals surface area contributed by atoms with Crippen LogP contribution in [0, 0.1) is 0 Å². The zero-order valence-electron chi connectivity index (χ0n) is 11.2. The van der Waals surface area contributed by atoms with E-state index in [9.17, 15) is 0 Å². The number of hydrogen-bond donors (Lipinski definition) is 1. The third-order valence-corrected chi connectivity index (χ3v) is 3.05. The third-order valence-electron chi connectivity index (χ3n) is 3.05. The van der Waals surface area contributed by atoms with Gasteiger partial charge < -0.3 is 5.32 Å². The van der Waals surface area contributed by atoms with E-state index in [1.165, 1.54) is 5.69 Å². The van der Waals surface area contributed by atoms with E-state index in [1.54, 1.807) is 6.33 Å². The second-order valence-electron chi connectivity index (χ2n) is 4.39. The summed E-state index contributed by atoms with van der Waals surface area (Å²) in [6, 6.07) is 2.27. The first kappa shape index (κ1) is 12.8. The van der Waals surface area contributed by atoms with Crippen molar-refractivity contribution in [1.82, 2.24) is 29.9 Å². The summed E-state index contributed by atoms with van der Waals surface area (Å²) in [4.78, 5) is 4.29. The Bertz CT molecular complexity index is 486. The van der Waals surface area contributed by atoms with Crippen molar-refractivity contribution in [3.05, 3.63) is 30.1 Å². The summed E-state index contributed by atoms with van der Waals surface area (Å²) in [5.41, 5.74) is 1.17. The van der Waals surface area contributed by atoms with Crippen LogP contribution in [0.15, 0.2) is 18.6 Å². The van der Waals surface area contributed by atoms with Gasteiger partial charge in [-0.05, 0) is 19.0 Å². The number of rotatable bonds is 6. The molecular formula is C12H20N6. The van der Waals surface area contributed by atoms with Gasteiger partial charge in [0.05, 0.1) is 11.7 Å². The molecule has 1 unspecified atom stereocenters. The first-order valence-corrected chi connectivity index (χ1v) is 6.26. The first-order valence-electron chi connectivity index (χ1n) is 6.26. The monoisotopic (exact) mass is 248 g/mol. The van der Waals surface area contributed by atoms with Crippen LogP contribution in [0.25, 0.3) is 0 Å². The lowest BCUT2D eigenvalue weighted by molar-refractivity contribution is 0.476. The number of aromatic nitrogens is 5. The van der Waals surface area contributed by atoms with Gasteiger partial charge in [-0.1, -0.05) is 6.92 Å². The molecule has 18 heavy (non-hydrogen) atoms. The Hall–Kier alpha value is -1.69. The molecule has 0 aromatic carbocycles. The minimum atomic E-state index is 0.223. The van der Waals surface area contributed by atoms with Gasteiger partial charge in [-0.3, -0.25) is 9.36 Å². The average molecular weight is 248 g/mol. The maximum absolute atomic E-state index is 4.29. The van der Waals surface area contributed by atoms with Crippen LogP contribution in [0.1, 0.15) is 30.9 Å². The second kappa shape index (κ2) is 5.77. The van der Waals surface area contributed by atoms with Crippen molar-refractivity contribution in [2.24, 2.45) is 14.1 Å². The fourth-order valence-electron chi connectivity index (χ4n) is 2.01. The number of hydrogen-bond acceptors (Lipinski definition) is 4. The molecule has 2 aromatic heterocycles. The summed E-state index contributed by atoms with van der Waals surface area (Å²) in [6.07, 6.45) is 5.34. The molecular weight excluding hydrogens is 228 g/mol. The van der Waals surface area contributed by atoms with Gasteiger partial charge in [0.1, 0.15) is 12.2 Å². The van der Waals surface area contributed by atoms with Crippen molar-refractivity contribution in [2.45, 2.75) is 25.8 Å². The third kappa shape index (κ3) is 2.76. The Morgan fingerprint density at radius 2 is 2.11 bits per heavy atom. The van der Waals surface area contributed by atoms with Gasteiger partial charge in [-0.25, -0.2) is 4.98 Å². The van der Waals surface area contributed by atoms with Crippen LogP contribution in [0.3, 0.4) is 0 Å². The van der Waals surface area contributed by atoms with Crippen LogP contribution >= 0.6 is 0 Å². The van der Waals surface area contributed by atoms with E-state index in [0.29, 0.717) is 0 Å². The van der Waals surface area contributed by atoms with E-state index in [0.717, 1.165) is 25.2 Å². The Kier molecular flexibility index (Phi) is 4.09. The highest BCUT2D eigenvalue weighted by Crippen LogP contribution is 2.16. The number of nitrogens with zero attached hydrogens (tertiary/aromatic N) is 5. The van der Waals surface area contributed by atoms with Gasteiger partial charge in [-0.2, -0.15) is 10.2 Å². The quantitative estimate of drug-likeness (QED) is 0.822. The molecule has 6 heteroatoms. The smallest absolute Gasteiger partial charge is 0.138 e. The maximum Gasteiger partial charge on any atom is 0.138 e. The molecule has 0 saturated heterocycles. The van der Waals surface area contributed by atoms with Crippen molar-refractivity contribution in [2.75, 3.05) is 6.54 Å². The molecule has 0 aliphatic carbocycles. The molecule has 0 aliphatic heterocycles. The highest BCUT2D eigenvalue weighted by Gasteiger charge is 2.17. The number of aryl methyl sites for hydroxylation is 2. The zero-order valence-corrected chi connectivity index (χ0v) is 11.2. The van der Waals surface area contributed by atoms with E-state index in [-0.39, 0.29) is 6.04 Å². The van der Waals surface area contributed by atoms with E-state index < -0.39 is 0 Å². The highest BCUT2D eigenvalue weighted by molar-refractivity contribution is 5.09. The van der Waals surface area contributed by atoms with Crippen LogP contribution in [-0.2, 0) is 20.5 Å². The van der Waals surface area contributed by atoms with Crippen molar-refractivity contribution >= 4 is 0 Å². The van der Waals surface area contributed by atoms with E-state index >= 15 is 0 Å². The van der Waals surface area contributed by atoms with Gasteiger partial charge >= 0.3 is 0 Å². The molecule has 0 aliphatic rings. The molecule has 1 atom stereocenters. The lowest BCUT2D eigenvalue weighted by atomic mass is 10.1. The molecule has 2 rings (SSSR count). The minimum absolute atomic E-state index is 0.223. The topological polar surface area (TPSA) is 60.6 Å². The van der Waals surface area contributed by atoms with Crippen LogP contribution < -0.4 is 5.32 Å². The SMILES string of the molecule is CCCNC(Cc1ncnn1C)c1ccnn1C. The van der Waals surface area contributed by atoms with E-state index in [4.69, 9.17) is 0 Å². The maximum atomic E-state index is 4.29. The van der Waals surface area contributed by atoms with Gasteiger partial charge in [0, 0.05) is 26.7 Å². The van der Waals surface area contributed by atoms with Gasteiger partial charge in [0.25, 0.3) is 0 Å². The predicted octanol–water partition coefficient (Wildman–Crippen LogP) is 0.832. The molecule has 2 aromatic rings. The van der Waals surface area contributed by atoms with Crippen molar-refractivity contribution in [3.63, 3.8) is 0 Å². The first-order chi connectivity index (χ1) is 8.72. The van der Waals surface area contributed by atoms with E-state index in [2.05, 4.69) is 27.4 Å². The summed E-state index contributed by atoms with van der Waals surface area (Å²) >= 11 is 0. The van der Waals surface area contributed by atoms with Gasteiger partial charge in [0.15, 0.2) is 0 Å². The average Bonchev–Trinajstić information content (AvgIpc) is 2.94. The standard InChI is InChI=1S/C12H20N6/c1-4-6-13-10(11-5-7-15-17(11)2)8-12-14-9-16-18(12)3/h5,7,9-10,13H,4,6,8H2,1-3H3. The molecule has 0 saturated carbocycles. The van der Waals surface area contributed by atoms with Crippen molar-refractivity contribution < 1.29 is 0 Å². The van der Waals surface area contributed by atoms with Crippen molar-refractivity contribution in [1.29, 1.82) is 0 Å². The molecule has 1 N–H and O–H groups in total. The summed E-state index contributed by atoms with van der Waals surface area (Å²) in [5.74, 6) is 0.977. The van der Waals surface area contributed by atoms with Gasteiger partial charge in [0.2, 0.25) is 0 Å². The summed E-state index contributed by atoms with van der Waals surface area (Å²) < 4.78 is 3.72. The van der Waals surface area contributed by atoms with Crippen LogP contribution in [0.5, 0.6) is 0 Å². The van der Waals surface area contributed by atoms with Crippen LogP contribution in [0.4, 0.5) is 0 Å². The Morgan fingerprint density at radius 1 is 1.28 bits per heavy atom. The second-order valence-corrected chi connectivity index (χ2v) is 4.39. The molecule has 0 spiro atoms. The molecule has 0 amide bonds. The normalized spacial score (nSPS) is 12.8. The predicted molar refractivity (Wildman–Crippen MR) is 68.9 cm³/mol. The molecule has 0 bridgehead atoms. The van der Waals surface area contributed by atoms with Gasteiger partial charge in [-0.15, -0.1) is 0 Å². The van der Waals surface area contributed by atoms with E-state index in [1.807, 2.05) is 35.7 Å². The summed E-state index contributed by atoms with van der Waals surface area (Å²) in [5, 5.41) is 11.9. The summed E-state index contributed by atoms with van der Waals surface area (Å²) in [7, 11) is 3.88.